The Morgan fingerprint density at radius 3 is 2.08 bits per heavy atom. The monoisotopic (exact) mass is 349 g/mol. The highest BCUT2D eigenvalue weighted by molar-refractivity contribution is 7.92. The fourth-order valence-corrected chi connectivity index (χ4v) is 2.87. The molecule has 0 aliphatic rings. The van der Waals surface area contributed by atoms with Gasteiger partial charge < -0.3 is 10.6 Å². The normalized spacial score (nSPS) is 11.2. The first-order chi connectivity index (χ1) is 11.3. The number of rotatable bonds is 6. The Morgan fingerprint density at radius 2 is 1.58 bits per heavy atom. The van der Waals surface area contributed by atoms with Crippen LogP contribution in [0, 0.1) is 0 Å². The molecule has 1 amide bonds. The largest absolute Gasteiger partial charge is 0.366 e. The Labute approximate surface area is 140 Å². The van der Waals surface area contributed by atoms with E-state index in [4.69, 9.17) is 0 Å². The van der Waals surface area contributed by atoms with Crippen molar-refractivity contribution in [2.75, 3.05) is 15.4 Å². The summed E-state index contributed by atoms with van der Waals surface area (Å²) in [5, 5.41) is 13.4. The third-order valence-electron chi connectivity index (χ3n) is 2.83. The summed E-state index contributed by atoms with van der Waals surface area (Å²) >= 11 is 0. The standard InChI is InChI=1S/C15H19N5O3S/c1-10(2)16-14-8-9-15(19-18-14)20-24(22,23)13-6-4-12(5-7-13)17-11(3)21/h4-10H,1-3H3,(H,16,18)(H,17,21)(H,19,20). The van der Waals surface area contributed by atoms with Gasteiger partial charge in [-0.2, -0.15) is 0 Å². The van der Waals surface area contributed by atoms with Crippen LogP contribution in [0.25, 0.3) is 0 Å². The van der Waals surface area contributed by atoms with Crippen molar-refractivity contribution >= 4 is 33.3 Å². The van der Waals surface area contributed by atoms with Crippen LogP contribution in [0.4, 0.5) is 17.3 Å². The third kappa shape index (κ3) is 4.92. The van der Waals surface area contributed by atoms with Crippen LogP contribution < -0.4 is 15.4 Å². The van der Waals surface area contributed by atoms with Crippen LogP contribution in [-0.2, 0) is 14.8 Å². The molecule has 1 aromatic carbocycles. The summed E-state index contributed by atoms with van der Waals surface area (Å²) in [4.78, 5) is 11.0. The lowest BCUT2D eigenvalue weighted by molar-refractivity contribution is -0.114. The molecule has 128 valence electrons. The van der Waals surface area contributed by atoms with E-state index in [1.807, 2.05) is 13.8 Å². The van der Waals surface area contributed by atoms with Gasteiger partial charge in [0.2, 0.25) is 5.91 Å². The molecule has 1 aromatic heterocycles. The summed E-state index contributed by atoms with van der Waals surface area (Å²) < 4.78 is 27.0. The SMILES string of the molecule is CC(=O)Nc1ccc(S(=O)(=O)Nc2ccc(NC(C)C)nn2)cc1. The predicted molar refractivity (Wildman–Crippen MR) is 92.3 cm³/mol. The Kier molecular flexibility index (Phi) is 5.35. The molecule has 0 aliphatic heterocycles. The van der Waals surface area contributed by atoms with Crippen molar-refractivity contribution in [3.05, 3.63) is 36.4 Å². The van der Waals surface area contributed by atoms with Crippen molar-refractivity contribution in [3.8, 4) is 0 Å². The molecule has 0 spiro atoms. The topological polar surface area (TPSA) is 113 Å². The quantitative estimate of drug-likeness (QED) is 0.736. The van der Waals surface area contributed by atoms with E-state index in [1.165, 1.54) is 37.3 Å². The average Bonchev–Trinajstić information content (AvgIpc) is 2.48. The molecule has 0 fully saturated rings. The molecule has 0 radical (unpaired) electrons. The molecule has 1 heterocycles. The Balaban J connectivity index is 2.11. The number of carbonyl (C=O) groups is 1. The second-order valence-electron chi connectivity index (χ2n) is 5.41. The minimum Gasteiger partial charge on any atom is -0.366 e. The van der Waals surface area contributed by atoms with Gasteiger partial charge in [-0.05, 0) is 50.2 Å². The zero-order chi connectivity index (χ0) is 17.7. The molecule has 8 nitrogen and oxygen atoms in total. The second kappa shape index (κ2) is 7.26. The number of hydrogen-bond donors (Lipinski definition) is 3. The molecule has 9 heteroatoms. The first-order valence-electron chi connectivity index (χ1n) is 7.27. The smallest absolute Gasteiger partial charge is 0.263 e. The number of nitrogens with zero attached hydrogens (tertiary/aromatic N) is 2. The van der Waals surface area contributed by atoms with Gasteiger partial charge in [0.15, 0.2) is 5.82 Å². The van der Waals surface area contributed by atoms with E-state index in [2.05, 4.69) is 25.6 Å². The van der Waals surface area contributed by atoms with E-state index in [1.54, 1.807) is 6.07 Å². The maximum atomic E-state index is 12.3. The van der Waals surface area contributed by atoms with E-state index >= 15 is 0 Å². The van der Waals surface area contributed by atoms with Crippen molar-refractivity contribution in [1.29, 1.82) is 0 Å². The molecule has 24 heavy (non-hydrogen) atoms. The molecule has 0 aliphatic carbocycles. The maximum Gasteiger partial charge on any atom is 0.263 e. The fourth-order valence-electron chi connectivity index (χ4n) is 1.88. The van der Waals surface area contributed by atoms with Gasteiger partial charge in [0, 0.05) is 18.7 Å². The number of nitrogens with one attached hydrogen (secondary N) is 3. The number of sulfonamides is 1. The number of benzene rings is 1. The minimum absolute atomic E-state index is 0.0581. The summed E-state index contributed by atoms with van der Waals surface area (Å²) in [7, 11) is -3.78. The third-order valence-corrected chi connectivity index (χ3v) is 4.20. The van der Waals surface area contributed by atoms with E-state index in [9.17, 15) is 13.2 Å². The highest BCUT2D eigenvalue weighted by atomic mass is 32.2. The highest BCUT2D eigenvalue weighted by Gasteiger charge is 2.15. The minimum atomic E-state index is -3.78. The fraction of sp³-hybridized carbons (Fsp3) is 0.267. The number of amides is 1. The van der Waals surface area contributed by atoms with E-state index in [0.29, 0.717) is 11.5 Å². The van der Waals surface area contributed by atoms with Crippen LogP contribution in [0.5, 0.6) is 0 Å². The molecule has 0 unspecified atom stereocenters. The molecule has 3 N–H and O–H groups in total. The lowest BCUT2D eigenvalue weighted by Crippen LogP contribution is -2.16. The van der Waals surface area contributed by atoms with Crippen molar-refractivity contribution in [1.82, 2.24) is 10.2 Å². The van der Waals surface area contributed by atoms with Crippen LogP contribution in [0.2, 0.25) is 0 Å². The summed E-state index contributed by atoms with van der Waals surface area (Å²) in [6, 6.07) is 9.19. The van der Waals surface area contributed by atoms with Gasteiger partial charge in [0.05, 0.1) is 4.90 Å². The van der Waals surface area contributed by atoms with Crippen LogP contribution in [0.1, 0.15) is 20.8 Å². The second-order valence-corrected chi connectivity index (χ2v) is 7.10. The molecule has 0 saturated carbocycles. The summed E-state index contributed by atoms with van der Waals surface area (Å²) in [6.07, 6.45) is 0. The van der Waals surface area contributed by atoms with Crippen molar-refractivity contribution in [2.45, 2.75) is 31.7 Å². The van der Waals surface area contributed by atoms with Crippen molar-refractivity contribution in [2.24, 2.45) is 0 Å². The lowest BCUT2D eigenvalue weighted by Gasteiger charge is -2.10. The molecular weight excluding hydrogens is 330 g/mol. The van der Waals surface area contributed by atoms with Gasteiger partial charge in [0.1, 0.15) is 5.82 Å². The van der Waals surface area contributed by atoms with E-state index in [-0.39, 0.29) is 22.7 Å². The molecule has 2 rings (SSSR count). The van der Waals surface area contributed by atoms with Gasteiger partial charge in [-0.1, -0.05) is 0 Å². The molecular formula is C15H19N5O3S. The predicted octanol–water partition coefficient (Wildman–Crippen LogP) is 2.06. The summed E-state index contributed by atoms with van der Waals surface area (Å²) in [6.45, 7) is 5.30. The first kappa shape index (κ1) is 17.7. The Bertz CT molecular complexity index is 802. The van der Waals surface area contributed by atoms with Gasteiger partial charge >= 0.3 is 0 Å². The van der Waals surface area contributed by atoms with Gasteiger partial charge in [-0.25, -0.2) is 8.42 Å². The summed E-state index contributed by atoms with van der Waals surface area (Å²) in [5.74, 6) is 0.456. The molecule has 0 saturated heterocycles. The maximum absolute atomic E-state index is 12.3. The van der Waals surface area contributed by atoms with Crippen molar-refractivity contribution in [3.63, 3.8) is 0 Å². The van der Waals surface area contributed by atoms with E-state index < -0.39 is 10.0 Å². The lowest BCUT2D eigenvalue weighted by atomic mass is 10.3. The molecule has 0 bridgehead atoms. The van der Waals surface area contributed by atoms with Crippen LogP contribution in [0.15, 0.2) is 41.3 Å². The zero-order valence-electron chi connectivity index (χ0n) is 13.6. The van der Waals surface area contributed by atoms with Crippen LogP contribution in [0.3, 0.4) is 0 Å². The number of carbonyl (C=O) groups excluding carboxylic acids is 1. The Hall–Kier alpha value is -2.68. The zero-order valence-corrected chi connectivity index (χ0v) is 14.4. The first-order valence-corrected chi connectivity index (χ1v) is 8.75. The number of anilines is 3. The van der Waals surface area contributed by atoms with Crippen LogP contribution in [-0.4, -0.2) is 30.6 Å². The van der Waals surface area contributed by atoms with Gasteiger partial charge in [0.25, 0.3) is 10.0 Å². The molecule has 0 atom stereocenters. The van der Waals surface area contributed by atoms with Gasteiger partial charge in [-0.3, -0.25) is 9.52 Å². The average molecular weight is 349 g/mol. The van der Waals surface area contributed by atoms with E-state index in [0.717, 1.165) is 0 Å². The van der Waals surface area contributed by atoms with Crippen LogP contribution >= 0.6 is 0 Å². The molecule has 2 aromatic rings. The van der Waals surface area contributed by atoms with Gasteiger partial charge in [-0.15, -0.1) is 10.2 Å². The number of hydrogen-bond acceptors (Lipinski definition) is 6. The number of aromatic nitrogens is 2. The Morgan fingerprint density at radius 1 is 1.00 bits per heavy atom. The van der Waals surface area contributed by atoms with Crippen molar-refractivity contribution < 1.29 is 13.2 Å². The summed E-state index contributed by atoms with van der Waals surface area (Å²) in [5.41, 5.74) is 0.519. The highest BCUT2D eigenvalue weighted by Crippen LogP contribution is 2.17.